The Labute approximate surface area is 137 Å². The zero-order valence-corrected chi connectivity index (χ0v) is 14.4. The molecular formula is C14H22IN3S. The van der Waals surface area contributed by atoms with Crippen molar-refractivity contribution in [1.82, 2.24) is 4.90 Å². The molecule has 0 spiro atoms. The highest BCUT2D eigenvalue weighted by atomic mass is 127. The standard InChI is InChI=1S/C14H21N3S.HI/c1-2-16-14(15)17-9-8-12(10-17)11-18-13-6-4-3-5-7-13;/h3-7,12H,2,8-11H2,1H3,(H2,15,16);1H. The van der Waals surface area contributed by atoms with Gasteiger partial charge in [-0.25, -0.2) is 0 Å². The number of nitrogens with zero attached hydrogens (tertiary/aromatic N) is 2. The van der Waals surface area contributed by atoms with Crippen LogP contribution in [0.15, 0.2) is 40.2 Å². The van der Waals surface area contributed by atoms with Crippen molar-refractivity contribution in [3.8, 4) is 0 Å². The van der Waals surface area contributed by atoms with E-state index in [1.54, 1.807) is 0 Å². The molecule has 1 heterocycles. The van der Waals surface area contributed by atoms with Gasteiger partial charge in [-0.2, -0.15) is 0 Å². The number of guanidine groups is 1. The van der Waals surface area contributed by atoms with Crippen LogP contribution in [0.3, 0.4) is 0 Å². The van der Waals surface area contributed by atoms with Crippen LogP contribution in [0.2, 0.25) is 0 Å². The van der Waals surface area contributed by atoms with E-state index < -0.39 is 0 Å². The second-order valence-electron chi connectivity index (χ2n) is 4.56. The molecule has 1 unspecified atom stereocenters. The molecule has 1 fully saturated rings. The maximum Gasteiger partial charge on any atom is 0.191 e. The summed E-state index contributed by atoms with van der Waals surface area (Å²) in [6, 6.07) is 10.6. The third-order valence-electron chi connectivity index (χ3n) is 3.16. The molecule has 1 aliphatic rings. The normalized spacial score (nSPS) is 19.3. The number of hydrogen-bond acceptors (Lipinski definition) is 2. The molecule has 0 aromatic heterocycles. The van der Waals surface area contributed by atoms with Crippen LogP contribution in [0.4, 0.5) is 0 Å². The van der Waals surface area contributed by atoms with Crippen LogP contribution in [0.25, 0.3) is 0 Å². The van der Waals surface area contributed by atoms with Gasteiger partial charge in [0.1, 0.15) is 0 Å². The molecule has 5 heteroatoms. The lowest BCUT2D eigenvalue weighted by molar-refractivity contribution is 0.489. The maximum atomic E-state index is 5.93. The van der Waals surface area contributed by atoms with Gasteiger partial charge in [-0.3, -0.25) is 4.99 Å². The minimum absolute atomic E-state index is 0. The lowest BCUT2D eigenvalue weighted by Gasteiger charge is -2.17. The van der Waals surface area contributed by atoms with Crippen molar-refractivity contribution in [2.24, 2.45) is 16.6 Å². The SMILES string of the molecule is CCN=C(N)N1CCC(CSc2ccccc2)C1.I. The Morgan fingerprint density at radius 1 is 1.42 bits per heavy atom. The summed E-state index contributed by atoms with van der Waals surface area (Å²) in [7, 11) is 0. The molecule has 0 saturated carbocycles. The third kappa shape index (κ3) is 5.22. The van der Waals surface area contributed by atoms with Crippen molar-refractivity contribution in [3.05, 3.63) is 30.3 Å². The van der Waals surface area contributed by atoms with E-state index in [0.29, 0.717) is 5.96 Å². The fourth-order valence-electron chi connectivity index (χ4n) is 2.17. The number of halogens is 1. The van der Waals surface area contributed by atoms with Gasteiger partial charge >= 0.3 is 0 Å². The van der Waals surface area contributed by atoms with Crippen molar-refractivity contribution in [3.63, 3.8) is 0 Å². The molecular weight excluding hydrogens is 369 g/mol. The average molecular weight is 391 g/mol. The van der Waals surface area contributed by atoms with Crippen LogP contribution >= 0.6 is 35.7 Å². The van der Waals surface area contributed by atoms with Gasteiger partial charge in [0.15, 0.2) is 5.96 Å². The Morgan fingerprint density at radius 3 is 2.84 bits per heavy atom. The van der Waals surface area contributed by atoms with Crippen molar-refractivity contribution in [2.45, 2.75) is 18.2 Å². The number of rotatable bonds is 4. The molecule has 1 aliphatic heterocycles. The second kappa shape index (κ2) is 8.68. The van der Waals surface area contributed by atoms with E-state index in [1.807, 2.05) is 18.7 Å². The van der Waals surface area contributed by atoms with Crippen LogP contribution in [0.5, 0.6) is 0 Å². The smallest absolute Gasteiger partial charge is 0.191 e. The van der Waals surface area contributed by atoms with E-state index in [1.165, 1.54) is 17.1 Å². The molecule has 1 atom stereocenters. The van der Waals surface area contributed by atoms with Gasteiger partial charge in [0.2, 0.25) is 0 Å². The average Bonchev–Trinajstić information content (AvgIpc) is 2.87. The minimum Gasteiger partial charge on any atom is -0.370 e. The Morgan fingerprint density at radius 2 is 2.16 bits per heavy atom. The minimum atomic E-state index is 0. The summed E-state index contributed by atoms with van der Waals surface area (Å²) < 4.78 is 0. The van der Waals surface area contributed by atoms with Crippen molar-refractivity contribution in [2.75, 3.05) is 25.4 Å². The lowest BCUT2D eigenvalue weighted by atomic mass is 10.2. The first-order valence-corrected chi connectivity index (χ1v) is 7.51. The van der Waals surface area contributed by atoms with Crippen LogP contribution in [-0.4, -0.2) is 36.2 Å². The van der Waals surface area contributed by atoms with Gasteiger partial charge < -0.3 is 10.6 Å². The van der Waals surface area contributed by atoms with Crippen LogP contribution in [0, 0.1) is 5.92 Å². The van der Waals surface area contributed by atoms with Gasteiger partial charge in [-0.05, 0) is 31.4 Å². The summed E-state index contributed by atoms with van der Waals surface area (Å²) in [5.41, 5.74) is 5.93. The first-order valence-electron chi connectivity index (χ1n) is 6.52. The summed E-state index contributed by atoms with van der Waals surface area (Å²) >= 11 is 1.94. The van der Waals surface area contributed by atoms with Gasteiger partial charge in [0.05, 0.1) is 0 Å². The lowest BCUT2D eigenvalue weighted by Crippen LogP contribution is -2.35. The van der Waals surface area contributed by atoms with E-state index in [0.717, 1.165) is 25.6 Å². The van der Waals surface area contributed by atoms with E-state index in [9.17, 15) is 0 Å². The molecule has 3 nitrogen and oxygen atoms in total. The summed E-state index contributed by atoms with van der Waals surface area (Å²) in [4.78, 5) is 7.83. The van der Waals surface area contributed by atoms with Gasteiger partial charge in [-0.1, -0.05) is 18.2 Å². The zero-order valence-electron chi connectivity index (χ0n) is 11.3. The highest BCUT2D eigenvalue weighted by molar-refractivity contribution is 14.0. The molecule has 1 aromatic rings. The predicted octanol–water partition coefficient (Wildman–Crippen LogP) is 3.05. The number of aliphatic imine (C=N–C) groups is 1. The van der Waals surface area contributed by atoms with Crippen molar-refractivity contribution < 1.29 is 0 Å². The summed E-state index contributed by atoms with van der Waals surface area (Å²) in [6.45, 7) is 4.89. The molecule has 106 valence electrons. The summed E-state index contributed by atoms with van der Waals surface area (Å²) in [6.07, 6.45) is 1.22. The first-order chi connectivity index (χ1) is 8.79. The largest absolute Gasteiger partial charge is 0.370 e. The van der Waals surface area contributed by atoms with E-state index in [2.05, 4.69) is 40.2 Å². The zero-order chi connectivity index (χ0) is 12.8. The van der Waals surface area contributed by atoms with Crippen molar-refractivity contribution >= 4 is 41.7 Å². The second-order valence-corrected chi connectivity index (χ2v) is 5.65. The molecule has 0 amide bonds. The van der Waals surface area contributed by atoms with Gasteiger partial charge in [-0.15, -0.1) is 35.7 Å². The fraction of sp³-hybridized carbons (Fsp3) is 0.500. The molecule has 0 aliphatic carbocycles. The number of benzene rings is 1. The third-order valence-corrected chi connectivity index (χ3v) is 4.40. The Balaban J connectivity index is 0.00000180. The van der Waals surface area contributed by atoms with Gasteiger partial charge in [0.25, 0.3) is 0 Å². The molecule has 0 radical (unpaired) electrons. The Hall–Kier alpha value is -0.430. The van der Waals surface area contributed by atoms with E-state index in [-0.39, 0.29) is 24.0 Å². The van der Waals surface area contributed by atoms with Crippen LogP contribution in [0.1, 0.15) is 13.3 Å². The molecule has 1 saturated heterocycles. The van der Waals surface area contributed by atoms with Crippen LogP contribution in [-0.2, 0) is 0 Å². The topological polar surface area (TPSA) is 41.6 Å². The van der Waals surface area contributed by atoms with E-state index >= 15 is 0 Å². The number of hydrogen-bond donors (Lipinski definition) is 1. The number of thioether (sulfide) groups is 1. The summed E-state index contributed by atoms with van der Waals surface area (Å²) in [5.74, 6) is 2.60. The molecule has 2 rings (SSSR count). The highest BCUT2D eigenvalue weighted by Crippen LogP contribution is 2.25. The van der Waals surface area contributed by atoms with Gasteiger partial charge in [0, 0.05) is 30.3 Å². The van der Waals surface area contributed by atoms with Crippen molar-refractivity contribution in [1.29, 1.82) is 0 Å². The number of likely N-dealkylation sites (tertiary alicyclic amines) is 1. The maximum absolute atomic E-state index is 5.93. The Bertz CT molecular complexity index is 397. The monoisotopic (exact) mass is 391 g/mol. The number of nitrogens with two attached hydrogens (primary N) is 1. The first kappa shape index (κ1) is 16.6. The Kier molecular flexibility index (Phi) is 7.60. The predicted molar refractivity (Wildman–Crippen MR) is 94.4 cm³/mol. The van der Waals surface area contributed by atoms with Crippen LogP contribution < -0.4 is 5.73 Å². The quantitative estimate of drug-likeness (QED) is 0.371. The molecule has 0 bridgehead atoms. The summed E-state index contributed by atoms with van der Waals surface area (Å²) in [5, 5.41) is 0. The molecule has 19 heavy (non-hydrogen) atoms. The van der Waals surface area contributed by atoms with E-state index in [4.69, 9.17) is 5.73 Å². The molecule has 1 aromatic carbocycles. The molecule has 2 N–H and O–H groups in total. The highest BCUT2D eigenvalue weighted by Gasteiger charge is 2.23. The fourth-order valence-corrected chi connectivity index (χ4v) is 3.22.